The number of aromatic nitrogens is 2. The van der Waals surface area contributed by atoms with E-state index in [0.717, 1.165) is 23.8 Å². The molecule has 0 bridgehead atoms. The van der Waals surface area contributed by atoms with E-state index in [2.05, 4.69) is 17.1 Å². The van der Waals surface area contributed by atoms with Gasteiger partial charge in [0.2, 0.25) is 0 Å². The molecule has 1 aromatic heterocycles. The van der Waals surface area contributed by atoms with Gasteiger partial charge in [0.15, 0.2) is 5.69 Å². The third-order valence-electron chi connectivity index (χ3n) is 4.38. The highest BCUT2D eigenvalue weighted by molar-refractivity contribution is 5.92. The van der Waals surface area contributed by atoms with E-state index in [-0.39, 0.29) is 0 Å². The van der Waals surface area contributed by atoms with E-state index in [1.54, 1.807) is 0 Å². The Hall–Kier alpha value is -1.32. The molecule has 3 N–H and O–H groups in total. The Morgan fingerprint density at radius 1 is 1.53 bits per heavy atom. The molecule has 0 unspecified atom stereocenters. The first-order chi connectivity index (χ1) is 8.24. The van der Waals surface area contributed by atoms with Crippen molar-refractivity contribution in [2.24, 2.45) is 17.6 Å². The first kappa shape index (κ1) is 10.8. The number of hydrogen-bond acceptors (Lipinski definition) is 2. The summed E-state index contributed by atoms with van der Waals surface area (Å²) in [6, 6.07) is 0. The number of H-pyrrole nitrogens is 1. The van der Waals surface area contributed by atoms with Crippen molar-refractivity contribution in [1.82, 2.24) is 10.2 Å². The second-order valence-corrected chi connectivity index (χ2v) is 5.38. The van der Waals surface area contributed by atoms with Gasteiger partial charge in [-0.1, -0.05) is 26.2 Å². The zero-order chi connectivity index (χ0) is 12.0. The van der Waals surface area contributed by atoms with E-state index < -0.39 is 5.91 Å². The van der Waals surface area contributed by atoms with Crippen molar-refractivity contribution >= 4 is 5.91 Å². The number of nitrogens with one attached hydrogen (secondary N) is 1. The molecule has 0 aromatic carbocycles. The second-order valence-electron chi connectivity index (χ2n) is 5.38. The average Bonchev–Trinajstić information content (AvgIpc) is 2.68. The summed E-state index contributed by atoms with van der Waals surface area (Å²) >= 11 is 0. The van der Waals surface area contributed by atoms with Gasteiger partial charge in [0, 0.05) is 17.2 Å². The van der Waals surface area contributed by atoms with Crippen LogP contribution in [0.15, 0.2) is 0 Å². The summed E-state index contributed by atoms with van der Waals surface area (Å²) in [5.41, 5.74) is 8.07. The molecule has 1 heterocycles. The molecule has 1 amide bonds. The third-order valence-corrected chi connectivity index (χ3v) is 4.38. The molecule has 3 atom stereocenters. The highest BCUT2D eigenvalue weighted by Gasteiger charge is 2.56. The number of unbranched alkanes of at least 4 members (excludes halogenated alkanes) is 2. The van der Waals surface area contributed by atoms with Crippen LogP contribution in [0.4, 0.5) is 0 Å². The Labute approximate surface area is 101 Å². The van der Waals surface area contributed by atoms with Crippen LogP contribution < -0.4 is 5.73 Å². The number of aromatic amines is 1. The maximum Gasteiger partial charge on any atom is 0.269 e. The van der Waals surface area contributed by atoms with Crippen LogP contribution in [-0.4, -0.2) is 16.1 Å². The number of amides is 1. The molecule has 4 nitrogen and oxygen atoms in total. The Morgan fingerprint density at radius 3 is 3.06 bits per heavy atom. The van der Waals surface area contributed by atoms with Crippen LogP contribution in [0.25, 0.3) is 0 Å². The Kier molecular flexibility index (Phi) is 2.45. The fourth-order valence-corrected chi connectivity index (χ4v) is 3.48. The minimum atomic E-state index is -0.397. The summed E-state index contributed by atoms with van der Waals surface area (Å²) in [4.78, 5) is 11.2. The highest BCUT2D eigenvalue weighted by atomic mass is 16.1. The summed E-state index contributed by atoms with van der Waals surface area (Å²) in [6.07, 6.45) is 6.28. The maximum absolute atomic E-state index is 11.2. The quantitative estimate of drug-likeness (QED) is 0.763. The van der Waals surface area contributed by atoms with E-state index >= 15 is 0 Å². The van der Waals surface area contributed by atoms with E-state index in [0.29, 0.717) is 11.6 Å². The number of carbonyl (C=O) groups is 1. The van der Waals surface area contributed by atoms with Crippen LogP contribution in [0.1, 0.15) is 60.3 Å². The number of nitrogens with zero attached hydrogens (tertiary/aromatic N) is 1. The van der Waals surface area contributed by atoms with Crippen molar-refractivity contribution in [2.45, 2.75) is 44.9 Å². The molecule has 2 aliphatic carbocycles. The molecule has 0 saturated heterocycles. The van der Waals surface area contributed by atoms with Crippen molar-refractivity contribution in [3.63, 3.8) is 0 Å². The lowest BCUT2D eigenvalue weighted by Gasteiger charge is -2.03. The summed E-state index contributed by atoms with van der Waals surface area (Å²) in [5.74, 6) is 1.83. The van der Waals surface area contributed by atoms with Crippen LogP contribution in [0.3, 0.4) is 0 Å². The van der Waals surface area contributed by atoms with Crippen LogP contribution in [0, 0.1) is 11.8 Å². The largest absolute Gasteiger partial charge is 0.364 e. The van der Waals surface area contributed by atoms with Gasteiger partial charge in [-0.2, -0.15) is 5.10 Å². The molecule has 1 saturated carbocycles. The minimum absolute atomic E-state index is 0.397. The molecule has 0 aliphatic heterocycles. The van der Waals surface area contributed by atoms with Gasteiger partial charge in [-0.15, -0.1) is 0 Å². The average molecular weight is 233 g/mol. The number of nitrogens with two attached hydrogens (primary N) is 1. The highest BCUT2D eigenvalue weighted by Crippen LogP contribution is 2.63. The molecule has 3 rings (SSSR count). The number of primary amides is 1. The molecule has 0 spiro atoms. The summed E-state index contributed by atoms with van der Waals surface area (Å²) in [5, 5.41) is 7.07. The number of hydrogen-bond donors (Lipinski definition) is 2. The van der Waals surface area contributed by atoms with Gasteiger partial charge in [-0.3, -0.25) is 9.89 Å². The minimum Gasteiger partial charge on any atom is -0.364 e. The van der Waals surface area contributed by atoms with E-state index in [9.17, 15) is 4.79 Å². The van der Waals surface area contributed by atoms with Gasteiger partial charge in [0.1, 0.15) is 0 Å². The summed E-state index contributed by atoms with van der Waals surface area (Å²) < 4.78 is 0. The van der Waals surface area contributed by atoms with Gasteiger partial charge in [0.05, 0.1) is 0 Å². The van der Waals surface area contributed by atoms with E-state index in [4.69, 9.17) is 5.73 Å². The predicted octanol–water partition coefficient (Wildman–Crippen LogP) is 1.97. The van der Waals surface area contributed by atoms with E-state index in [1.165, 1.54) is 31.4 Å². The van der Waals surface area contributed by atoms with Gasteiger partial charge in [-0.05, 0) is 24.7 Å². The van der Waals surface area contributed by atoms with Crippen molar-refractivity contribution in [3.05, 3.63) is 17.0 Å². The monoisotopic (exact) mass is 233 g/mol. The van der Waals surface area contributed by atoms with Gasteiger partial charge < -0.3 is 5.73 Å². The number of rotatable bonds is 5. The molecular weight excluding hydrogens is 214 g/mol. The second kappa shape index (κ2) is 3.86. The fourth-order valence-electron chi connectivity index (χ4n) is 3.48. The lowest BCUT2D eigenvalue weighted by atomic mass is 10.0. The van der Waals surface area contributed by atoms with Crippen molar-refractivity contribution < 1.29 is 4.79 Å². The van der Waals surface area contributed by atoms with Crippen LogP contribution in [-0.2, 0) is 6.42 Å². The lowest BCUT2D eigenvalue weighted by molar-refractivity contribution is 0.0994. The van der Waals surface area contributed by atoms with Crippen molar-refractivity contribution in [2.75, 3.05) is 0 Å². The van der Waals surface area contributed by atoms with Gasteiger partial charge in [-0.25, -0.2) is 0 Å². The molecule has 92 valence electrons. The Bertz CT molecular complexity index is 452. The van der Waals surface area contributed by atoms with Gasteiger partial charge in [0.25, 0.3) is 5.91 Å². The molecule has 17 heavy (non-hydrogen) atoms. The first-order valence-corrected chi connectivity index (χ1v) is 6.61. The van der Waals surface area contributed by atoms with Crippen LogP contribution in [0.2, 0.25) is 0 Å². The standard InChI is InChI=1S/C13H19N3O/c1-2-3-4-5-7-8-6-9-11(10(7)8)15-16-12(9)13(14)17/h7-8,10H,2-6H2,1H3,(H2,14,17)(H,15,16)/t7-,8-,10+/m0/s1. The smallest absolute Gasteiger partial charge is 0.269 e. The fraction of sp³-hybridized carbons (Fsp3) is 0.692. The van der Waals surface area contributed by atoms with E-state index in [1.807, 2.05) is 0 Å². The third kappa shape index (κ3) is 1.58. The normalized spacial score (nSPS) is 28.9. The zero-order valence-corrected chi connectivity index (χ0v) is 10.2. The van der Waals surface area contributed by atoms with Crippen LogP contribution in [0.5, 0.6) is 0 Å². The maximum atomic E-state index is 11.2. The SMILES string of the molecule is CCCCC[C@H]1[C@@H]2Cc3c(C(N)=O)n[nH]c3[C@H]12. The molecule has 2 aliphatic rings. The first-order valence-electron chi connectivity index (χ1n) is 6.61. The Balaban J connectivity index is 1.68. The molecule has 1 aromatic rings. The molecular formula is C13H19N3O. The number of carbonyl (C=O) groups excluding carboxylic acids is 1. The van der Waals surface area contributed by atoms with Gasteiger partial charge >= 0.3 is 0 Å². The molecule has 4 heteroatoms. The summed E-state index contributed by atoms with van der Waals surface area (Å²) in [6.45, 7) is 2.24. The Morgan fingerprint density at radius 2 is 2.35 bits per heavy atom. The van der Waals surface area contributed by atoms with Crippen molar-refractivity contribution in [1.29, 1.82) is 0 Å². The topological polar surface area (TPSA) is 71.8 Å². The number of fused-ring (bicyclic) bond motifs is 3. The van der Waals surface area contributed by atoms with Crippen molar-refractivity contribution in [3.8, 4) is 0 Å². The molecule has 0 radical (unpaired) electrons. The van der Waals surface area contributed by atoms with Crippen LogP contribution >= 0.6 is 0 Å². The zero-order valence-electron chi connectivity index (χ0n) is 10.2. The molecule has 1 fully saturated rings. The summed E-state index contributed by atoms with van der Waals surface area (Å²) in [7, 11) is 0. The lowest BCUT2D eigenvalue weighted by Crippen LogP contribution is -2.14. The predicted molar refractivity (Wildman–Crippen MR) is 64.7 cm³/mol.